The normalized spacial score (nSPS) is 15.5. The Labute approximate surface area is 111 Å². The summed E-state index contributed by atoms with van der Waals surface area (Å²) in [5.41, 5.74) is 6.46. The number of benzene rings is 1. The van der Waals surface area contributed by atoms with Crippen LogP contribution in [0.5, 0.6) is 0 Å². The smallest absolute Gasteiger partial charge is 0.409 e. The molecular weight excluding hydrogens is 249 g/mol. The number of carbonyl (C=O) groups excluding carboxylic acids is 1. The summed E-state index contributed by atoms with van der Waals surface area (Å²) in [5, 5.41) is 0. The molecule has 0 saturated carbocycles. The number of piperazine rings is 1. The van der Waals surface area contributed by atoms with E-state index in [9.17, 15) is 9.18 Å². The fourth-order valence-corrected chi connectivity index (χ4v) is 2.12. The molecule has 2 N–H and O–H groups in total. The van der Waals surface area contributed by atoms with Gasteiger partial charge < -0.3 is 20.3 Å². The van der Waals surface area contributed by atoms with E-state index in [1.165, 1.54) is 6.07 Å². The lowest BCUT2D eigenvalue weighted by molar-refractivity contribution is 0.105. The molecule has 1 aromatic rings. The van der Waals surface area contributed by atoms with E-state index in [0.717, 1.165) is 0 Å². The van der Waals surface area contributed by atoms with Crippen LogP contribution in [0.2, 0.25) is 0 Å². The number of ether oxygens (including phenoxy) is 1. The third kappa shape index (κ3) is 3.07. The molecule has 0 unspecified atom stereocenters. The number of nitrogens with zero attached hydrogens (tertiary/aromatic N) is 2. The fraction of sp³-hybridized carbons (Fsp3) is 0.462. The molecule has 1 saturated heterocycles. The molecule has 1 aliphatic heterocycles. The molecule has 0 aliphatic carbocycles. The maximum Gasteiger partial charge on any atom is 0.409 e. The van der Waals surface area contributed by atoms with E-state index in [2.05, 4.69) is 0 Å². The molecule has 0 radical (unpaired) electrons. The van der Waals surface area contributed by atoms with Crippen molar-refractivity contribution in [2.75, 3.05) is 43.4 Å². The Morgan fingerprint density at radius 3 is 2.63 bits per heavy atom. The standard InChI is InChI=1S/C13H18FN3O2/c1-2-19-13(18)17-7-5-16(6-8-17)12-4-3-10(15)9-11(12)14/h3-4,9H,2,5-8,15H2,1H3. The van der Waals surface area contributed by atoms with Gasteiger partial charge in [-0.25, -0.2) is 9.18 Å². The van der Waals surface area contributed by atoms with E-state index in [0.29, 0.717) is 44.2 Å². The van der Waals surface area contributed by atoms with Gasteiger partial charge in [-0.3, -0.25) is 0 Å². The molecule has 6 heteroatoms. The van der Waals surface area contributed by atoms with Gasteiger partial charge in [-0.1, -0.05) is 0 Å². The van der Waals surface area contributed by atoms with E-state index in [1.807, 2.05) is 4.90 Å². The highest BCUT2D eigenvalue weighted by Crippen LogP contribution is 2.22. The first kappa shape index (κ1) is 13.5. The Hall–Kier alpha value is -1.98. The zero-order valence-corrected chi connectivity index (χ0v) is 10.9. The van der Waals surface area contributed by atoms with Gasteiger partial charge in [-0.05, 0) is 25.1 Å². The van der Waals surface area contributed by atoms with Crippen LogP contribution in [0.1, 0.15) is 6.92 Å². The summed E-state index contributed by atoms with van der Waals surface area (Å²) >= 11 is 0. The maximum atomic E-state index is 13.8. The number of carbonyl (C=O) groups is 1. The van der Waals surface area contributed by atoms with Crippen LogP contribution in [0, 0.1) is 5.82 Å². The van der Waals surface area contributed by atoms with Gasteiger partial charge in [0.25, 0.3) is 0 Å². The maximum absolute atomic E-state index is 13.8. The SMILES string of the molecule is CCOC(=O)N1CCN(c2ccc(N)cc2F)CC1. The van der Waals surface area contributed by atoms with Gasteiger partial charge in [0.15, 0.2) is 0 Å². The van der Waals surface area contributed by atoms with Crippen molar-refractivity contribution in [3.05, 3.63) is 24.0 Å². The number of anilines is 2. The van der Waals surface area contributed by atoms with Crippen molar-refractivity contribution >= 4 is 17.5 Å². The van der Waals surface area contributed by atoms with E-state index < -0.39 is 0 Å². The minimum absolute atomic E-state index is 0.306. The monoisotopic (exact) mass is 267 g/mol. The zero-order chi connectivity index (χ0) is 13.8. The van der Waals surface area contributed by atoms with Crippen LogP contribution in [0.4, 0.5) is 20.6 Å². The van der Waals surface area contributed by atoms with Crippen molar-refractivity contribution in [2.24, 2.45) is 0 Å². The molecule has 0 spiro atoms. The highest BCUT2D eigenvalue weighted by Gasteiger charge is 2.23. The predicted molar refractivity (Wildman–Crippen MR) is 71.6 cm³/mol. The van der Waals surface area contributed by atoms with Gasteiger partial charge >= 0.3 is 6.09 Å². The fourth-order valence-electron chi connectivity index (χ4n) is 2.12. The molecule has 5 nitrogen and oxygen atoms in total. The van der Waals surface area contributed by atoms with Crippen LogP contribution in [0.3, 0.4) is 0 Å². The minimum Gasteiger partial charge on any atom is -0.450 e. The number of halogens is 1. The summed E-state index contributed by atoms with van der Waals surface area (Å²) in [7, 11) is 0. The van der Waals surface area contributed by atoms with E-state index in [4.69, 9.17) is 10.5 Å². The topological polar surface area (TPSA) is 58.8 Å². The predicted octanol–water partition coefficient (Wildman–Crippen LogP) is 1.69. The van der Waals surface area contributed by atoms with Crippen molar-refractivity contribution in [2.45, 2.75) is 6.92 Å². The van der Waals surface area contributed by atoms with Crippen LogP contribution < -0.4 is 10.6 Å². The van der Waals surface area contributed by atoms with Crippen molar-refractivity contribution in [3.8, 4) is 0 Å². The first-order valence-corrected chi connectivity index (χ1v) is 6.33. The first-order valence-electron chi connectivity index (χ1n) is 6.33. The lowest BCUT2D eigenvalue weighted by atomic mass is 10.2. The van der Waals surface area contributed by atoms with Crippen LogP contribution in [-0.2, 0) is 4.74 Å². The third-order valence-corrected chi connectivity index (χ3v) is 3.12. The second-order valence-electron chi connectivity index (χ2n) is 4.38. The molecule has 2 rings (SSSR count). The number of hydrogen-bond acceptors (Lipinski definition) is 4. The lowest BCUT2D eigenvalue weighted by Gasteiger charge is -2.35. The van der Waals surface area contributed by atoms with Crippen molar-refractivity contribution in [3.63, 3.8) is 0 Å². The van der Waals surface area contributed by atoms with Crippen molar-refractivity contribution < 1.29 is 13.9 Å². The molecule has 1 heterocycles. The number of nitrogens with two attached hydrogens (primary N) is 1. The molecule has 0 atom stereocenters. The molecule has 104 valence electrons. The summed E-state index contributed by atoms with van der Waals surface area (Å²) in [6.45, 7) is 4.37. The minimum atomic E-state index is -0.329. The van der Waals surface area contributed by atoms with E-state index >= 15 is 0 Å². The summed E-state index contributed by atoms with van der Waals surface area (Å²) < 4.78 is 18.7. The molecule has 1 aromatic carbocycles. The average Bonchev–Trinajstić information content (AvgIpc) is 2.39. The van der Waals surface area contributed by atoms with Gasteiger partial charge in [0.2, 0.25) is 0 Å². The van der Waals surface area contributed by atoms with Crippen molar-refractivity contribution in [1.82, 2.24) is 4.90 Å². The number of hydrogen-bond donors (Lipinski definition) is 1. The van der Waals surface area contributed by atoms with Gasteiger partial charge in [0, 0.05) is 31.9 Å². The molecule has 1 amide bonds. The zero-order valence-electron chi connectivity index (χ0n) is 10.9. The Morgan fingerprint density at radius 1 is 1.37 bits per heavy atom. The second-order valence-corrected chi connectivity index (χ2v) is 4.38. The quantitative estimate of drug-likeness (QED) is 0.828. The highest BCUT2D eigenvalue weighted by atomic mass is 19.1. The average molecular weight is 267 g/mol. The molecular formula is C13H18FN3O2. The van der Waals surface area contributed by atoms with Gasteiger partial charge in [-0.15, -0.1) is 0 Å². The van der Waals surface area contributed by atoms with E-state index in [1.54, 1.807) is 24.0 Å². The van der Waals surface area contributed by atoms with Gasteiger partial charge in [0.05, 0.1) is 12.3 Å². The Morgan fingerprint density at radius 2 is 2.05 bits per heavy atom. The number of rotatable bonds is 2. The Kier molecular flexibility index (Phi) is 4.09. The largest absolute Gasteiger partial charge is 0.450 e. The number of nitrogen functional groups attached to an aromatic ring is 1. The second kappa shape index (κ2) is 5.77. The molecule has 1 fully saturated rings. The van der Waals surface area contributed by atoms with Crippen LogP contribution in [0.15, 0.2) is 18.2 Å². The lowest BCUT2D eigenvalue weighted by Crippen LogP contribution is -2.49. The summed E-state index contributed by atoms with van der Waals surface area (Å²) in [6.07, 6.45) is -0.306. The highest BCUT2D eigenvalue weighted by molar-refractivity contribution is 5.68. The van der Waals surface area contributed by atoms with Crippen LogP contribution in [-0.4, -0.2) is 43.8 Å². The summed E-state index contributed by atoms with van der Waals surface area (Å²) in [4.78, 5) is 15.1. The molecule has 19 heavy (non-hydrogen) atoms. The third-order valence-electron chi connectivity index (χ3n) is 3.12. The molecule has 0 aromatic heterocycles. The van der Waals surface area contributed by atoms with E-state index in [-0.39, 0.29) is 11.9 Å². The number of amides is 1. The summed E-state index contributed by atoms with van der Waals surface area (Å²) in [6, 6.07) is 4.66. The van der Waals surface area contributed by atoms with Gasteiger partial charge in [0.1, 0.15) is 5.82 Å². The van der Waals surface area contributed by atoms with Crippen LogP contribution >= 0.6 is 0 Å². The van der Waals surface area contributed by atoms with Crippen LogP contribution in [0.25, 0.3) is 0 Å². The Bertz CT molecular complexity index is 459. The molecule has 1 aliphatic rings. The van der Waals surface area contributed by atoms with Crippen molar-refractivity contribution in [1.29, 1.82) is 0 Å². The Balaban J connectivity index is 1.98. The molecule has 0 bridgehead atoms. The first-order chi connectivity index (χ1) is 9.11. The van der Waals surface area contributed by atoms with Gasteiger partial charge in [-0.2, -0.15) is 0 Å². The summed E-state index contributed by atoms with van der Waals surface area (Å²) in [5.74, 6) is -0.329.